The zero-order valence-corrected chi connectivity index (χ0v) is 14.7. The van der Waals surface area contributed by atoms with Gasteiger partial charge in [0.25, 0.3) is 0 Å². The molecule has 1 aliphatic heterocycles. The van der Waals surface area contributed by atoms with Crippen molar-refractivity contribution < 1.29 is 23.3 Å². The van der Waals surface area contributed by atoms with Gasteiger partial charge in [-0.1, -0.05) is 10.3 Å². The Morgan fingerprint density at radius 1 is 1.32 bits per heavy atom. The maximum Gasteiger partial charge on any atom is 0.228 e. The standard InChI is InChI=1S/C17H23N3O5/c1-10-6-13(25-19-10)7-17(21)18-15-4-5-22-9-16(15)23-8-14-11(2)20-24-12(14)3/h6,15-16H,4-5,7-9H2,1-3H3,(H,18,21)/t15-,16-/m1/s1. The van der Waals surface area contributed by atoms with Crippen LogP contribution in [0.25, 0.3) is 0 Å². The smallest absolute Gasteiger partial charge is 0.228 e. The van der Waals surface area contributed by atoms with Crippen LogP contribution < -0.4 is 5.32 Å². The predicted octanol–water partition coefficient (Wildman–Crippen LogP) is 1.62. The van der Waals surface area contributed by atoms with E-state index in [-0.39, 0.29) is 24.5 Å². The number of ether oxygens (including phenoxy) is 2. The van der Waals surface area contributed by atoms with Crippen molar-refractivity contribution in [3.63, 3.8) is 0 Å². The molecule has 1 fully saturated rings. The highest BCUT2D eigenvalue weighted by Crippen LogP contribution is 2.18. The fourth-order valence-corrected chi connectivity index (χ4v) is 2.86. The van der Waals surface area contributed by atoms with Crippen LogP contribution in [0, 0.1) is 20.8 Å². The summed E-state index contributed by atoms with van der Waals surface area (Å²) in [5.74, 6) is 1.18. The molecule has 0 aliphatic carbocycles. The van der Waals surface area contributed by atoms with E-state index in [0.717, 1.165) is 22.7 Å². The first-order valence-electron chi connectivity index (χ1n) is 8.35. The third kappa shape index (κ3) is 4.46. The number of amides is 1. The summed E-state index contributed by atoms with van der Waals surface area (Å²) in [6.45, 7) is 6.97. The van der Waals surface area contributed by atoms with Gasteiger partial charge in [0.1, 0.15) is 17.6 Å². The monoisotopic (exact) mass is 349 g/mol. The second-order valence-electron chi connectivity index (χ2n) is 6.30. The number of hydrogen-bond donors (Lipinski definition) is 1. The molecule has 2 aromatic heterocycles. The first-order valence-corrected chi connectivity index (χ1v) is 8.35. The molecule has 1 N–H and O–H groups in total. The van der Waals surface area contributed by atoms with Crippen LogP contribution in [0.4, 0.5) is 0 Å². The highest BCUT2D eigenvalue weighted by atomic mass is 16.5. The predicted molar refractivity (Wildman–Crippen MR) is 86.9 cm³/mol. The minimum absolute atomic E-state index is 0.106. The van der Waals surface area contributed by atoms with Gasteiger partial charge in [0, 0.05) is 18.2 Å². The normalized spacial score (nSPS) is 20.6. The largest absolute Gasteiger partial charge is 0.379 e. The molecule has 25 heavy (non-hydrogen) atoms. The van der Waals surface area contributed by atoms with E-state index in [1.807, 2.05) is 20.8 Å². The highest BCUT2D eigenvalue weighted by Gasteiger charge is 2.29. The van der Waals surface area contributed by atoms with E-state index >= 15 is 0 Å². The fourth-order valence-electron chi connectivity index (χ4n) is 2.86. The lowest BCUT2D eigenvalue weighted by atomic mass is 10.1. The number of hydrogen-bond acceptors (Lipinski definition) is 7. The summed E-state index contributed by atoms with van der Waals surface area (Å²) in [5, 5.41) is 10.7. The van der Waals surface area contributed by atoms with Gasteiger partial charge >= 0.3 is 0 Å². The molecule has 2 aromatic rings. The number of aryl methyl sites for hydroxylation is 3. The molecular formula is C17H23N3O5. The van der Waals surface area contributed by atoms with Crippen LogP contribution in [0.15, 0.2) is 15.1 Å². The zero-order valence-electron chi connectivity index (χ0n) is 14.7. The maximum absolute atomic E-state index is 12.3. The second kappa shape index (κ2) is 7.79. The van der Waals surface area contributed by atoms with E-state index in [2.05, 4.69) is 15.6 Å². The van der Waals surface area contributed by atoms with Gasteiger partial charge in [-0.3, -0.25) is 4.79 Å². The summed E-state index contributed by atoms with van der Waals surface area (Å²) in [6.07, 6.45) is 0.644. The van der Waals surface area contributed by atoms with Crippen molar-refractivity contribution in [3.05, 3.63) is 34.5 Å². The van der Waals surface area contributed by atoms with Gasteiger partial charge in [-0.25, -0.2) is 0 Å². The second-order valence-corrected chi connectivity index (χ2v) is 6.30. The van der Waals surface area contributed by atoms with Crippen molar-refractivity contribution in [2.45, 2.75) is 52.4 Å². The molecule has 8 heteroatoms. The van der Waals surface area contributed by atoms with Gasteiger partial charge in [-0.05, 0) is 27.2 Å². The van der Waals surface area contributed by atoms with Gasteiger partial charge in [-0.15, -0.1) is 0 Å². The van der Waals surface area contributed by atoms with E-state index in [9.17, 15) is 4.79 Å². The van der Waals surface area contributed by atoms with Crippen molar-refractivity contribution in [3.8, 4) is 0 Å². The lowest BCUT2D eigenvalue weighted by molar-refractivity contribution is -0.126. The molecule has 0 radical (unpaired) electrons. The molecule has 1 saturated heterocycles. The molecule has 2 atom stereocenters. The number of carbonyl (C=O) groups excluding carboxylic acids is 1. The first-order chi connectivity index (χ1) is 12.0. The Morgan fingerprint density at radius 3 is 2.84 bits per heavy atom. The molecule has 0 unspecified atom stereocenters. The van der Waals surface area contributed by atoms with Gasteiger partial charge in [0.2, 0.25) is 5.91 Å². The lowest BCUT2D eigenvalue weighted by Gasteiger charge is -2.32. The number of nitrogens with one attached hydrogen (secondary N) is 1. The van der Waals surface area contributed by atoms with Crippen LogP contribution in [0.5, 0.6) is 0 Å². The molecule has 8 nitrogen and oxygen atoms in total. The van der Waals surface area contributed by atoms with E-state index in [0.29, 0.717) is 32.0 Å². The van der Waals surface area contributed by atoms with E-state index in [1.54, 1.807) is 6.07 Å². The molecule has 0 bridgehead atoms. The van der Waals surface area contributed by atoms with Gasteiger partial charge in [-0.2, -0.15) is 0 Å². The number of nitrogens with zero attached hydrogens (tertiary/aromatic N) is 2. The highest BCUT2D eigenvalue weighted by molar-refractivity contribution is 5.78. The third-order valence-electron chi connectivity index (χ3n) is 4.28. The topological polar surface area (TPSA) is 99.6 Å². The Labute approximate surface area is 145 Å². The summed E-state index contributed by atoms with van der Waals surface area (Å²) >= 11 is 0. The molecular weight excluding hydrogens is 326 g/mol. The van der Waals surface area contributed by atoms with Crippen LogP contribution in [0.3, 0.4) is 0 Å². The van der Waals surface area contributed by atoms with Crippen LogP contribution in [0.2, 0.25) is 0 Å². The summed E-state index contributed by atoms with van der Waals surface area (Å²) in [5.41, 5.74) is 2.51. The minimum atomic E-state index is -0.220. The quantitative estimate of drug-likeness (QED) is 0.846. The number of aromatic nitrogens is 2. The van der Waals surface area contributed by atoms with Gasteiger partial charge < -0.3 is 23.8 Å². The van der Waals surface area contributed by atoms with Crippen molar-refractivity contribution >= 4 is 5.91 Å². The number of carbonyl (C=O) groups is 1. The van der Waals surface area contributed by atoms with Crippen molar-refractivity contribution in [2.24, 2.45) is 0 Å². The average molecular weight is 349 g/mol. The Hall–Kier alpha value is -2.19. The Kier molecular flexibility index (Phi) is 5.50. The Bertz CT molecular complexity index is 704. The van der Waals surface area contributed by atoms with Crippen LogP contribution in [-0.4, -0.2) is 41.6 Å². The molecule has 1 amide bonds. The van der Waals surface area contributed by atoms with E-state index in [4.69, 9.17) is 18.5 Å². The minimum Gasteiger partial charge on any atom is -0.379 e. The molecule has 0 aromatic carbocycles. The Morgan fingerprint density at radius 2 is 2.16 bits per heavy atom. The van der Waals surface area contributed by atoms with Crippen LogP contribution in [-0.2, 0) is 27.3 Å². The SMILES string of the molecule is Cc1cc(CC(=O)N[C@@H]2CCOC[C@H]2OCc2c(C)noc2C)on1. The maximum atomic E-state index is 12.3. The van der Waals surface area contributed by atoms with Crippen LogP contribution >= 0.6 is 0 Å². The van der Waals surface area contributed by atoms with E-state index in [1.165, 1.54) is 0 Å². The van der Waals surface area contributed by atoms with Crippen molar-refractivity contribution in [1.29, 1.82) is 0 Å². The average Bonchev–Trinajstić information content (AvgIpc) is 3.12. The summed E-state index contributed by atoms with van der Waals surface area (Å²) in [6, 6.07) is 1.65. The summed E-state index contributed by atoms with van der Waals surface area (Å²) in [4.78, 5) is 12.3. The molecule has 136 valence electrons. The third-order valence-corrected chi connectivity index (χ3v) is 4.28. The molecule has 0 spiro atoms. The lowest BCUT2D eigenvalue weighted by Crippen LogP contribution is -2.50. The summed E-state index contributed by atoms with van der Waals surface area (Å²) < 4.78 is 21.7. The zero-order chi connectivity index (χ0) is 17.8. The molecule has 1 aliphatic rings. The van der Waals surface area contributed by atoms with Crippen LogP contribution in [0.1, 0.15) is 34.9 Å². The van der Waals surface area contributed by atoms with Crippen molar-refractivity contribution in [1.82, 2.24) is 15.6 Å². The molecule has 0 saturated carbocycles. The van der Waals surface area contributed by atoms with E-state index < -0.39 is 0 Å². The van der Waals surface area contributed by atoms with Crippen molar-refractivity contribution in [2.75, 3.05) is 13.2 Å². The molecule has 3 rings (SSSR count). The summed E-state index contributed by atoms with van der Waals surface area (Å²) in [7, 11) is 0. The van der Waals surface area contributed by atoms with Gasteiger partial charge in [0.15, 0.2) is 0 Å². The van der Waals surface area contributed by atoms with Gasteiger partial charge in [0.05, 0.1) is 37.1 Å². The molecule has 3 heterocycles. The first kappa shape index (κ1) is 17.6. The Balaban J connectivity index is 1.56. The number of rotatable bonds is 6. The fraction of sp³-hybridized carbons (Fsp3) is 0.588.